The standard InChI is InChI=1S/C21H25NO5/c1-24-16-7-12-5-6-22-11-13-8-17(25-2)19(27-4)10-15(13)21(23)20(22)14(12)9-18(16)26-3/h7-10,20-21,23H,5-6,11H2,1-4H3/t20-,21+/m0/s1. The maximum atomic E-state index is 11.3. The van der Waals surface area contributed by atoms with E-state index in [1.807, 2.05) is 24.3 Å². The van der Waals surface area contributed by atoms with E-state index in [4.69, 9.17) is 18.9 Å². The molecule has 2 aromatic carbocycles. The number of aliphatic hydroxyl groups excluding tert-OH is 1. The smallest absolute Gasteiger partial charge is 0.161 e. The van der Waals surface area contributed by atoms with E-state index in [9.17, 15) is 5.11 Å². The van der Waals surface area contributed by atoms with Crippen LogP contribution in [0, 0.1) is 0 Å². The second kappa shape index (κ2) is 6.94. The fraction of sp³-hybridized carbons (Fsp3) is 0.429. The van der Waals surface area contributed by atoms with Crippen LogP contribution in [0.4, 0.5) is 0 Å². The minimum atomic E-state index is -0.661. The largest absolute Gasteiger partial charge is 0.493 e. The predicted octanol–water partition coefficient (Wildman–Crippen LogP) is 2.87. The number of hydrogen-bond donors (Lipinski definition) is 1. The van der Waals surface area contributed by atoms with Crippen molar-refractivity contribution in [1.29, 1.82) is 0 Å². The molecule has 0 spiro atoms. The van der Waals surface area contributed by atoms with Gasteiger partial charge in [0.1, 0.15) is 0 Å². The third kappa shape index (κ3) is 2.80. The second-order valence-electron chi connectivity index (χ2n) is 6.92. The third-order valence-corrected chi connectivity index (χ3v) is 5.66. The fourth-order valence-corrected chi connectivity index (χ4v) is 4.31. The first kappa shape index (κ1) is 17.9. The summed E-state index contributed by atoms with van der Waals surface area (Å²) in [7, 11) is 6.52. The summed E-state index contributed by atoms with van der Waals surface area (Å²) in [5.74, 6) is 2.73. The van der Waals surface area contributed by atoms with Crippen LogP contribution in [0.5, 0.6) is 23.0 Å². The molecule has 6 heteroatoms. The lowest BCUT2D eigenvalue weighted by Crippen LogP contribution is -2.41. The lowest BCUT2D eigenvalue weighted by molar-refractivity contribution is 0.0201. The van der Waals surface area contributed by atoms with Crippen molar-refractivity contribution in [3.8, 4) is 23.0 Å². The second-order valence-corrected chi connectivity index (χ2v) is 6.92. The predicted molar refractivity (Wildman–Crippen MR) is 101 cm³/mol. The summed E-state index contributed by atoms with van der Waals surface area (Å²) in [5.41, 5.74) is 4.24. The van der Waals surface area contributed by atoms with Gasteiger partial charge < -0.3 is 24.1 Å². The molecule has 144 valence electrons. The Morgan fingerprint density at radius 2 is 1.30 bits per heavy atom. The minimum Gasteiger partial charge on any atom is -0.493 e. The lowest BCUT2D eigenvalue weighted by atomic mass is 9.81. The Kier molecular flexibility index (Phi) is 4.61. The summed E-state index contributed by atoms with van der Waals surface area (Å²) >= 11 is 0. The molecule has 1 N–H and O–H groups in total. The molecule has 2 aliphatic heterocycles. The summed E-state index contributed by atoms with van der Waals surface area (Å²) in [6.07, 6.45) is 0.243. The van der Waals surface area contributed by atoms with Crippen LogP contribution < -0.4 is 18.9 Å². The van der Waals surface area contributed by atoms with Crippen molar-refractivity contribution in [2.75, 3.05) is 35.0 Å². The third-order valence-electron chi connectivity index (χ3n) is 5.66. The zero-order valence-electron chi connectivity index (χ0n) is 16.1. The zero-order valence-corrected chi connectivity index (χ0v) is 16.1. The van der Waals surface area contributed by atoms with Crippen LogP contribution in [-0.4, -0.2) is 45.0 Å². The average Bonchev–Trinajstić information content (AvgIpc) is 2.71. The van der Waals surface area contributed by atoms with Gasteiger partial charge in [0.25, 0.3) is 0 Å². The first-order chi connectivity index (χ1) is 13.1. The van der Waals surface area contributed by atoms with Gasteiger partial charge in [-0.05, 0) is 52.9 Å². The Bertz CT molecular complexity index is 866. The van der Waals surface area contributed by atoms with Gasteiger partial charge in [-0.3, -0.25) is 4.90 Å². The number of ether oxygens (including phenoxy) is 4. The number of methoxy groups -OCH3 is 4. The van der Waals surface area contributed by atoms with Crippen LogP contribution in [0.25, 0.3) is 0 Å². The molecule has 0 bridgehead atoms. The Hall–Kier alpha value is -2.44. The van der Waals surface area contributed by atoms with E-state index < -0.39 is 6.10 Å². The van der Waals surface area contributed by atoms with Crippen LogP contribution in [0.1, 0.15) is 34.4 Å². The van der Waals surface area contributed by atoms with Crippen LogP contribution in [0.3, 0.4) is 0 Å². The number of hydrogen-bond acceptors (Lipinski definition) is 6. The van der Waals surface area contributed by atoms with E-state index in [0.29, 0.717) is 17.2 Å². The quantitative estimate of drug-likeness (QED) is 0.892. The van der Waals surface area contributed by atoms with Gasteiger partial charge in [-0.2, -0.15) is 0 Å². The molecular weight excluding hydrogens is 346 g/mol. The molecule has 2 atom stereocenters. The highest BCUT2D eigenvalue weighted by molar-refractivity contribution is 5.53. The van der Waals surface area contributed by atoms with Crippen molar-refractivity contribution in [1.82, 2.24) is 4.90 Å². The molecular formula is C21H25NO5. The van der Waals surface area contributed by atoms with E-state index >= 15 is 0 Å². The Balaban J connectivity index is 1.81. The van der Waals surface area contributed by atoms with Gasteiger partial charge >= 0.3 is 0 Å². The first-order valence-electron chi connectivity index (χ1n) is 9.03. The molecule has 0 amide bonds. The van der Waals surface area contributed by atoms with E-state index in [1.165, 1.54) is 5.56 Å². The molecule has 2 heterocycles. The van der Waals surface area contributed by atoms with E-state index in [0.717, 1.165) is 42.0 Å². The van der Waals surface area contributed by atoms with Crippen molar-refractivity contribution >= 4 is 0 Å². The topological polar surface area (TPSA) is 60.4 Å². The highest BCUT2D eigenvalue weighted by Crippen LogP contribution is 2.48. The maximum absolute atomic E-state index is 11.3. The highest BCUT2D eigenvalue weighted by atomic mass is 16.5. The molecule has 0 radical (unpaired) electrons. The highest BCUT2D eigenvalue weighted by Gasteiger charge is 2.39. The first-order valence-corrected chi connectivity index (χ1v) is 9.03. The van der Waals surface area contributed by atoms with Crippen LogP contribution in [-0.2, 0) is 13.0 Å². The van der Waals surface area contributed by atoms with Gasteiger partial charge in [-0.25, -0.2) is 0 Å². The molecule has 27 heavy (non-hydrogen) atoms. The van der Waals surface area contributed by atoms with E-state index in [2.05, 4.69) is 4.90 Å². The van der Waals surface area contributed by atoms with Crippen molar-refractivity contribution in [2.24, 2.45) is 0 Å². The van der Waals surface area contributed by atoms with Crippen molar-refractivity contribution in [2.45, 2.75) is 25.1 Å². The van der Waals surface area contributed by atoms with Crippen molar-refractivity contribution in [3.63, 3.8) is 0 Å². The van der Waals surface area contributed by atoms with Gasteiger partial charge in [0, 0.05) is 13.1 Å². The molecule has 0 aromatic heterocycles. The van der Waals surface area contributed by atoms with Crippen molar-refractivity contribution < 1.29 is 24.1 Å². The van der Waals surface area contributed by atoms with Crippen molar-refractivity contribution in [3.05, 3.63) is 46.5 Å². The minimum absolute atomic E-state index is 0.126. The molecule has 4 rings (SSSR count). The SMILES string of the molecule is COc1cc2c(cc1OC)[C@@H](O)[C@@H]1c3cc(OC)c(OC)cc3CCN1C2. The molecule has 0 saturated heterocycles. The van der Waals surface area contributed by atoms with Gasteiger partial charge in [0.2, 0.25) is 0 Å². The molecule has 2 aromatic rings. The summed E-state index contributed by atoms with van der Waals surface area (Å²) in [6.45, 7) is 1.63. The molecule has 0 aliphatic carbocycles. The summed E-state index contributed by atoms with van der Waals surface area (Å²) in [5, 5.41) is 11.3. The monoisotopic (exact) mass is 371 g/mol. The molecule has 0 fully saturated rings. The molecule has 0 saturated carbocycles. The number of aliphatic hydroxyl groups is 1. The van der Waals surface area contributed by atoms with Gasteiger partial charge in [-0.15, -0.1) is 0 Å². The molecule has 2 aliphatic rings. The normalized spacial score (nSPS) is 20.9. The number of fused-ring (bicyclic) bond motifs is 4. The lowest BCUT2D eigenvalue weighted by Gasteiger charge is -2.44. The summed E-state index contributed by atoms with van der Waals surface area (Å²) in [4.78, 5) is 2.31. The zero-order chi connectivity index (χ0) is 19.1. The molecule has 0 unspecified atom stereocenters. The average molecular weight is 371 g/mol. The van der Waals surface area contributed by atoms with Gasteiger partial charge in [0.05, 0.1) is 40.6 Å². The Morgan fingerprint density at radius 1 is 0.778 bits per heavy atom. The summed E-state index contributed by atoms with van der Waals surface area (Å²) < 4.78 is 21.8. The van der Waals surface area contributed by atoms with Crippen LogP contribution in [0.15, 0.2) is 24.3 Å². The Morgan fingerprint density at radius 3 is 1.89 bits per heavy atom. The summed E-state index contributed by atoms with van der Waals surface area (Å²) in [6, 6.07) is 7.77. The number of nitrogens with zero attached hydrogens (tertiary/aromatic N) is 1. The van der Waals surface area contributed by atoms with Gasteiger partial charge in [0.15, 0.2) is 23.0 Å². The Labute approximate surface area is 159 Å². The van der Waals surface area contributed by atoms with Crippen LogP contribution in [0.2, 0.25) is 0 Å². The maximum Gasteiger partial charge on any atom is 0.161 e. The van der Waals surface area contributed by atoms with Crippen LogP contribution >= 0.6 is 0 Å². The van der Waals surface area contributed by atoms with E-state index in [-0.39, 0.29) is 6.04 Å². The fourth-order valence-electron chi connectivity index (χ4n) is 4.31. The van der Waals surface area contributed by atoms with Gasteiger partial charge in [-0.1, -0.05) is 0 Å². The van der Waals surface area contributed by atoms with E-state index in [1.54, 1.807) is 28.4 Å². The number of benzene rings is 2. The number of rotatable bonds is 4. The molecule has 6 nitrogen and oxygen atoms in total.